The second-order valence-electron chi connectivity index (χ2n) is 4.58. The molecule has 1 aliphatic heterocycles. The molecular weight excluding hydrogens is 297 g/mol. The Balaban J connectivity index is 2.27. The Morgan fingerprint density at radius 3 is 2.81 bits per heavy atom. The number of nitrogens with two attached hydrogens (primary N) is 1. The van der Waals surface area contributed by atoms with Crippen molar-refractivity contribution >= 4 is 23.1 Å². The quantitative estimate of drug-likeness (QED) is 0.890. The van der Waals surface area contributed by atoms with E-state index in [1.54, 1.807) is 12.1 Å². The van der Waals surface area contributed by atoms with Gasteiger partial charge in [0.25, 0.3) is 0 Å². The standard InChI is InChI=1S/C14H11ClFN3O2/c1-21-12-5-8(10(16)6-18-12)14(20)9-4-7(15)2-3-11(9)19-13(14)17/h2-6,20H,1H3,(H2,17,19). The number of fused-ring (bicyclic) bond motifs is 1. The van der Waals surface area contributed by atoms with E-state index in [1.165, 1.54) is 19.2 Å². The van der Waals surface area contributed by atoms with Crippen molar-refractivity contribution in [1.29, 1.82) is 0 Å². The molecule has 5 nitrogen and oxygen atoms in total. The Morgan fingerprint density at radius 1 is 1.33 bits per heavy atom. The van der Waals surface area contributed by atoms with E-state index in [-0.39, 0.29) is 17.3 Å². The minimum Gasteiger partial charge on any atom is -0.481 e. The highest BCUT2D eigenvalue weighted by atomic mass is 35.5. The van der Waals surface area contributed by atoms with E-state index in [2.05, 4.69) is 9.98 Å². The molecule has 1 aromatic heterocycles. The van der Waals surface area contributed by atoms with E-state index in [0.29, 0.717) is 16.3 Å². The molecule has 0 amide bonds. The molecule has 3 N–H and O–H groups in total. The number of halogens is 2. The van der Waals surface area contributed by atoms with Crippen LogP contribution in [0, 0.1) is 5.82 Å². The number of aliphatic hydroxyl groups is 1. The van der Waals surface area contributed by atoms with Crippen molar-refractivity contribution in [3.63, 3.8) is 0 Å². The van der Waals surface area contributed by atoms with E-state index in [9.17, 15) is 9.50 Å². The highest BCUT2D eigenvalue weighted by molar-refractivity contribution is 6.30. The van der Waals surface area contributed by atoms with Gasteiger partial charge in [-0.15, -0.1) is 0 Å². The number of nitrogens with zero attached hydrogens (tertiary/aromatic N) is 2. The molecule has 108 valence electrons. The Bertz CT molecular complexity index is 766. The summed E-state index contributed by atoms with van der Waals surface area (Å²) < 4.78 is 19.1. The molecule has 0 saturated heterocycles. The van der Waals surface area contributed by atoms with Gasteiger partial charge in [-0.3, -0.25) is 0 Å². The zero-order valence-corrected chi connectivity index (χ0v) is 11.7. The predicted molar refractivity (Wildman–Crippen MR) is 76.5 cm³/mol. The van der Waals surface area contributed by atoms with Gasteiger partial charge >= 0.3 is 0 Å². The van der Waals surface area contributed by atoms with Crippen molar-refractivity contribution < 1.29 is 14.2 Å². The van der Waals surface area contributed by atoms with Crippen molar-refractivity contribution in [2.75, 3.05) is 7.11 Å². The van der Waals surface area contributed by atoms with Crippen LogP contribution in [0.15, 0.2) is 35.5 Å². The summed E-state index contributed by atoms with van der Waals surface area (Å²) in [5.41, 5.74) is 4.60. The van der Waals surface area contributed by atoms with Crippen molar-refractivity contribution in [2.24, 2.45) is 10.7 Å². The van der Waals surface area contributed by atoms with Gasteiger partial charge in [0.1, 0.15) is 11.7 Å². The number of amidine groups is 1. The molecule has 3 rings (SSSR count). The summed E-state index contributed by atoms with van der Waals surface area (Å²) in [6.07, 6.45) is 0.960. The first-order valence-corrected chi connectivity index (χ1v) is 6.41. The van der Waals surface area contributed by atoms with Gasteiger partial charge in [-0.05, 0) is 18.2 Å². The first-order chi connectivity index (χ1) is 9.96. The maximum atomic E-state index is 14.1. The topological polar surface area (TPSA) is 80.7 Å². The molecular formula is C14H11ClFN3O2. The van der Waals surface area contributed by atoms with Gasteiger partial charge in [-0.25, -0.2) is 14.4 Å². The Hall–Kier alpha value is -2.18. The molecule has 21 heavy (non-hydrogen) atoms. The molecule has 0 bridgehead atoms. The highest BCUT2D eigenvalue weighted by Crippen LogP contribution is 2.44. The summed E-state index contributed by atoms with van der Waals surface area (Å²) in [7, 11) is 1.39. The summed E-state index contributed by atoms with van der Waals surface area (Å²) in [6.45, 7) is 0. The maximum absolute atomic E-state index is 14.1. The molecule has 0 fully saturated rings. The average Bonchev–Trinajstić information content (AvgIpc) is 2.72. The molecule has 1 atom stereocenters. The van der Waals surface area contributed by atoms with Crippen LogP contribution in [0.1, 0.15) is 11.1 Å². The Kier molecular flexibility index (Phi) is 3.07. The normalized spacial score (nSPS) is 20.1. The largest absolute Gasteiger partial charge is 0.481 e. The lowest BCUT2D eigenvalue weighted by molar-refractivity contribution is 0.153. The summed E-state index contributed by atoms with van der Waals surface area (Å²) in [5.74, 6) is -0.695. The second-order valence-corrected chi connectivity index (χ2v) is 5.01. The smallest absolute Gasteiger partial charge is 0.213 e. The molecule has 0 radical (unpaired) electrons. The monoisotopic (exact) mass is 307 g/mol. The van der Waals surface area contributed by atoms with E-state index < -0.39 is 11.4 Å². The van der Waals surface area contributed by atoms with Gasteiger partial charge in [-0.1, -0.05) is 11.6 Å². The molecule has 1 aromatic carbocycles. The lowest BCUT2D eigenvalue weighted by Crippen LogP contribution is -2.40. The molecule has 0 aliphatic carbocycles. The van der Waals surface area contributed by atoms with Gasteiger partial charge in [-0.2, -0.15) is 0 Å². The number of aromatic nitrogens is 1. The van der Waals surface area contributed by atoms with E-state index in [0.717, 1.165) is 6.20 Å². The number of hydrogen-bond donors (Lipinski definition) is 2. The van der Waals surface area contributed by atoms with Gasteiger partial charge in [0.05, 0.1) is 19.0 Å². The van der Waals surface area contributed by atoms with Crippen LogP contribution in [0.3, 0.4) is 0 Å². The fourth-order valence-electron chi connectivity index (χ4n) is 2.34. The number of rotatable bonds is 2. The predicted octanol–water partition coefficient (Wildman–Crippen LogP) is 2.12. The SMILES string of the molecule is COc1cc(C2(O)C(N)=Nc3ccc(Cl)cc32)c(F)cn1. The molecule has 2 heterocycles. The summed E-state index contributed by atoms with van der Waals surface area (Å²) >= 11 is 5.95. The van der Waals surface area contributed by atoms with Crippen LogP contribution in [0.2, 0.25) is 5.02 Å². The van der Waals surface area contributed by atoms with Crippen molar-refractivity contribution in [2.45, 2.75) is 5.60 Å². The van der Waals surface area contributed by atoms with Gasteiger partial charge < -0.3 is 15.6 Å². The third kappa shape index (κ3) is 1.95. The maximum Gasteiger partial charge on any atom is 0.213 e. The second kappa shape index (κ2) is 4.68. The number of ether oxygens (including phenoxy) is 1. The van der Waals surface area contributed by atoms with Crippen LogP contribution in [0.25, 0.3) is 0 Å². The Labute approximate surface area is 124 Å². The summed E-state index contributed by atoms with van der Waals surface area (Å²) in [4.78, 5) is 7.82. The van der Waals surface area contributed by atoms with Crippen molar-refractivity contribution in [3.05, 3.63) is 52.4 Å². The zero-order valence-electron chi connectivity index (χ0n) is 11.0. The minimum atomic E-state index is -1.90. The fourth-order valence-corrected chi connectivity index (χ4v) is 2.51. The van der Waals surface area contributed by atoms with E-state index in [4.69, 9.17) is 22.1 Å². The molecule has 2 aromatic rings. The molecule has 7 heteroatoms. The third-order valence-electron chi connectivity index (χ3n) is 3.39. The number of aliphatic imine (C=N–C) groups is 1. The van der Waals surface area contributed by atoms with Crippen LogP contribution < -0.4 is 10.5 Å². The van der Waals surface area contributed by atoms with E-state index >= 15 is 0 Å². The van der Waals surface area contributed by atoms with Gasteiger partial charge in [0.15, 0.2) is 5.60 Å². The Morgan fingerprint density at radius 2 is 2.10 bits per heavy atom. The molecule has 0 saturated carbocycles. The average molecular weight is 308 g/mol. The molecule has 1 aliphatic rings. The van der Waals surface area contributed by atoms with Gasteiger partial charge in [0, 0.05) is 22.2 Å². The van der Waals surface area contributed by atoms with Crippen LogP contribution in [-0.4, -0.2) is 23.0 Å². The number of methoxy groups -OCH3 is 1. The minimum absolute atomic E-state index is 0.0865. The first-order valence-electron chi connectivity index (χ1n) is 6.04. The highest BCUT2D eigenvalue weighted by Gasteiger charge is 2.44. The summed E-state index contributed by atoms with van der Waals surface area (Å²) in [5, 5.41) is 11.4. The summed E-state index contributed by atoms with van der Waals surface area (Å²) in [6, 6.07) is 6.02. The fraction of sp³-hybridized carbons (Fsp3) is 0.143. The van der Waals surface area contributed by atoms with Crippen LogP contribution in [0.4, 0.5) is 10.1 Å². The van der Waals surface area contributed by atoms with Crippen molar-refractivity contribution in [1.82, 2.24) is 4.98 Å². The number of hydrogen-bond acceptors (Lipinski definition) is 5. The van der Waals surface area contributed by atoms with Crippen LogP contribution >= 0.6 is 11.6 Å². The van der Waals surface area contributed by atoms with Crippen LogP contribution in [-0.2, 0) is 5.60 Å². The lowest BCUT2D eigenvalue weighted by Gasteiger charge is -2.25. The molecule has 0 spiro atoms. The first kappa shape index (κ1) is 13.8. The van der Waals surface area contributed by atoms with E-state index in [1.807, 2.05) is 0 Å². The zero-order chi connectivity index (χ0) is 15.2. The number of benzene rings is 1. The third-order valence-corrected chi connectivity index (χ3v) is 3.62. The van der Waals surface area contributed by atoms with Crippen molar-refractivity contribution in [3.8, 4) is 5.88 Å². The molecule has 1 unspecified atom stereocenters. The van der Waals surface area contributed by atoms with Crippen LogP contribution in [0.5, 0.6) is 5.88 Å². The van der Waals surface area contributed by atoms with Gasteiger partial charge in [0.2, 0.25) is 5.88 Å². The number of pyridine rings is 1. The lowest BCUT2D eigenvalue weighted by atomic mass is 9.86.